The molecule has 0 aromatic carbocycles. The van der Waals surface area contributed by atoms with Crippen LogP contribution < -0.4 is 5.32 Å². The first-order chi connectivity index (χ1) is 14.0. The van der Waals surface area contributed by atoms with Crippen LogP contribution in [0.4, 0.5) is 0 Å². The lowest BCUT2D eigenvalue weighted by Crippen LogP contribution is -2.47. The van der Waals surface area contributed by atoms with Gasteiger partial charge in [-0.1, -0.05) is 29.4 Å². The van der Waals surface area contributed by atoms with Crippen molar-refractivity contribution in [1.82, 2.24) is 10.2 Å². The van der Waals surface area contributed by atoms with Crippen molar-refractivity contribution >= 4 is 11.3 Å². The Hall–Kier alpha value is -0.940. The molecule has 1 fully saturated rings. The summed E-state index contributed by atoms with van der Waals surface area (Å²) in [6.45, 7) is 11.4. The van der Waals surface area contributed by atoms with Crippen LogP contribution >= 0.6 is 11.3 Å². The van der Waals surface area contributed by atoms with Gasteiger partial charge in [-0.3, -0.25) is 4.90 Å². The Morgan fingerprint density at radius 2 is 2.14 bits per heavy atom. The maximum absolute atomic E-state index is 9.68. The molecule has 1 aromatic heterocycles. The van der Waals surface area contributed by atoms with E-state index in [1.807, 2.05) is 11.3 Å². The molecular weight excluding hydrogens is 376 g/mol. The maximum atomic E-state index is 9.68. The van der Waals surface area contributed by atoms with E-state index in [0.29, 0.717) is 18.1 Å². The number of aliphatic hydroxyl groups excluding tert-OH is 1. The smallest absolute Gasteiger partial charge is 0.0586 e. The fourth-order valence-corrected chi connectivity index (χ4v) is 5.02. The second-order valence-electron chi connectivity index (χ2n) is 8.97. The predicted octanol–water partition coefficient (Wildman–Crippen LogP) is 5.57. The van der Waals surface area contributed by atoms with Crippen LogP contribution in [-0.2, 0) is 6.42 Å². The molecule has 4 heteroatoms. The third kappa shape index (κ3) is 9.61. The monoisotopic (exact) mass is 418 g/mol. The minimum Gasteiger partial charge on any atom is -0.395 e. The average Bonchev–Trinajstić information content (AvgIpc) is 3.33. The van der Waals surface area contributed by atoms with Gasteiger partial charge in [-0.15, -0.1) is 11.3 Å². The third-order valence-corrected chi connectivity index (χ3v) is 6.80. The van der Waals surface area contributed by atoms with Gasteiger partial charge in [0.15, 0.2) is 0 Å². The summed E-state index contributed by atoms with van der Waals surface area (Å²) in [7, 11) is 0. The van der Waals surface area contributed by atoms with Crippen molar-refractivity contribution in [3.8, 4) is 0 Å². The molecule has 0 spiro atoms. The number of allylic oxidation sites excluding steroid dienone is 4. The Kier molecular flexibility index (Phi) is 11.2. The summed E-state index contributed by atoms with van der Waals surface area (Å²) in [6, 6.07) is 5.69. The molecule has 1 aliphatic heterocycles. The van der Waals surface area contributed by atoms with Gasteiger partial charge >= 0.3 is 0 Å². The quantitative estimate of drug-likeness (QED) is 0.411. The highest BCUT2D eigenvalue weighted by molar-refractivity contribution is 7.09. The van der Waals surface area contributed by atoms with Crippen molar-refractivity contribution in [2.45, 2.75) is 90.8 Å². The molecule has 0 radical (unpaired) electrons. The summed E-state index contributed by atoms with van der Waals surface area (Å²) in [5.74, 6) is 0. The summed E-state index contributed by atoms with van der Waals surface area (Å²) < 4.78 is 0. The minimum atomic E-state index is 0.290. The molecule has 1 saturated heterocycles. The van der Waals surface area contributed by atoms with E-state index >= 15 is 0 Å². The molecule has 164 valence electrons. The maximum Gasteiger partial charge on any atom is 0.0586 e. The van der Waals surface area contributed by atoms with Crippen molar-refractivity contribution in [1.29, 1.82) is 0 Å². The van der Waals surface area contributed by atoms with Gasteiger partial charge in [0.2, 0.25) is 0 Å². The van der Waals surface area contributed by atoms with E-state index < -0.39 is 0 Å². The molecular formula is C25H42N2OS. The molecule has 3 atom stereocenters. The van der Waals surface area contributed by atoms with Crippen molar-refractivity contribution in [2.24, 2.45) is 0 Å². The number of rotatable bonds is 13. The number of hydrogen-bond donors (Lipinski definition) is 2. The molecule has 3 unspecified atom stereocenters. The van der Waals surface area contributed by atoms with Crippen LogP contribution in [-0.4, -0.2) is 47.8 Å². The molecule has 29 heavy (non-hydrogen) atoms. The summed E-state index contributed by atoms with van der Waals surface area (Å²) >= 11 is 1.85. The number of nitrogens with one attached hydrogen (secondary N) is 1. The summed E-state index contributed by atoms with van der Waals surface area (Å²) in [4.78, 5) is 3.94. The van der Waals surface area contributed by atoms with Crippen LogP contribution in [0.5, 0.6) is 0 Å². The Balaban J connectivity index is 1.82. The van der Waals surface area contributed by atoms with Crippen molar-refractivity contribution in [3.63, 3.8) is 0 Å². The van der Waals surface area contributed by atoms with E-state index in [-0.39, 0.29) is 6.61 Å². The lowest BCUT2D eigenvalue weighted by molar-refractivity contribution is 0.145. The average molecular weight is 419 g/mol. The predicted molar refractivity (Wildman–Crippen MR) is 128 cm³/mol. The fourth-order valence-electron chi connectivity index (χ4n) is 4.23. The van der Waals surface area contributed by atoms with Gasteiger partial charge in [0.1, 0.15) is 0 Å². The molecule has 2 N–H and O–H groups in total. The Morgan fingerprint density at radius 1 is 1.31 bits per heavy atom. The Bertz CT molecular complexity index is 619. The third-order valence-electron chi connectivity index (χ3n) is 5.90. The minimum absolute atomic E-state index is 0.290. The number of aliphatic hydroxyl groups is 1. The van der Waals surface area contributed by atoms with Gasteiger partial charge in [-0.05, 0) is 90.6 Å². The molecule has 2 heterocycles. The molecule has 1 aliphatic rings. The SMILES string of the molecule is CC(C)=CCCC(C)=CCCC(C)NC(Cc1cccs1)CN1CCCC1CO. The number of nitrogens with zero attached hydrogens (tertiary/aromatic N) is 1. The van der Waals surface area contributed by atoms with Crippen LogP contribution in [0.25, 0.3) is 0 Å². The first kappa shape index (κ1) is 24.3. The van der Waals surface area contributed by atoms with E-state index in [9.17, 15) is 5.11 Å². The van der Waals surface area contributed by atoms with Crippen LogP contribution in [0.3, 0.4) is 0 Å². The summed E-state index contributed by atoms with van der Waals surface area (Å²) in [6.07, 6.45) is 12.8. The van der Waals surface area contributed by atoms with Crippen molar-refractivity contribution < 1.29 is 5.11 Å². The molecule has 0 saturated carbocycles. The van der Waals surface area contributed by atoms with E-state index in [1.54, 1.807) is 0 Å². The van der Waals surface area contributed by atoms with Crippen LogP contribution in [0.15, 0.2) is 40.8 Å². The lowest BCUT2D eigenvalue weighted by atomic mass is 10.1. The summed E-state index contributed by atoms with van der Waals surface area (Å²) in [5, 5.41) is 15.8. The van der Waals surface area contributed by atoms with E-state index in [2.05, 4.69) is 67.6 Å². The van der Waals surface area contributed by atoms with Gasteiger partial charge in [0.25, 0.3) is 0 Å². The Morgan fingerprint density at radius 3 is 2.83 bits per heavy atom. The zero-order chi connectivity index (χ0) is 21.1. The molecule has 0 aliphatic carbocycles. The van der Waals surface area contributed by atoms with E-state index in [1.165, 1.54) is 35.3 Å². The molecule has 0 amide bonds. The molecule has 2 rings (SSSR count). The van der Waals surface area contributed by atoms with Gasteiger partial charge in [-0.25, -0.2) is 0 Å². The molecule has 3 nitrogen and oxygen atoms in total. The fraction of sp³-hybridized carbons (Fsp3) is 0.680. The van der Waals surface area contributed by atoms with Gasteiger partial charge in [-0.2, -0.15) is 0 Å². The second-order valence-corrected chi connectivity index (χ2v) is 10.0. The Labute approximate surface area is 182 Å². The van der Waals surface area contributed by atoms with Crippen LogP contribution in [0.1, 0.15) is 71.1 Å². The van der Waals surface area contributed by atoms with Crippen LogP contribution in [0, 0.1) is 0 Å². The van der Waals surface area contributed by atoms with Crippen molar-refractivity contribution in [3.05, 3.63) is 45.7 Å². The first-order valence-electron chi connectivity index (χ1n) is 11.4. The van der Waals surface area contributed by atoms with Gasteiger partial charge < -0.3 is 10.4 Å². The molecule has 0 bridgehead atoms. The van der Waals surface area contributed by atoms with E-state index in [0.717, 1.165) is 38.8 Å². The first-order valence-corrected chi connectivity index (χ1v) is 12.3. The van der Waals surface area contributed by atoms with Gasteiger partial charge in [0, 0.05) is 29.5 Å². The number of likely N-dealkylation sites (tertiary alicyclic amines) is 1. The zero-order valence-electron chi connectivity index (χ0n) is 19.0. The lowest BCUT2D eigenvalue weighted by Gasteiger charge is -2.30. The van der Waals surface area contributed by atoms with Crippen LogP contribution in [0.2, 0.25) is 0 Å². The highest BCUT2D eigenvalue weighted by Crippen LogP contribution is 2.19. The van der Waals surface area contributed by atoms with E-state index in [4.69, 9.17) is 0 Å². The normalized spacial score (nSPS) is 20.0. The zero-order valence-corrected chi connectivity index (χ0v) is 19.8. The molecule has 1 aromatic rings. The van der Waals surface area contributed by atoms with Gasteiger partial charge in [0.05, 0.1) is 6.61 Å². The second kappa shape index (κ2) is 13.4. The number of hydrogen-bond acceptors (Lipinski definition) is 4. The number of thiophene rings is 1. The topological polar surface area (TPSA) is 35.5 Å². The standard InChI is InChI=1S/C25H42N2OS/c1-20(2)9-5-10-21(3)11-6-12-22(4)26-23(17-25-14-8-16-29-25)18-27-15-7-13-24(27)19-28/h8-9,11,14,16,22-24,26,28H,5-7,10,12-13,15,17-19H2,1-4H3. The largest absolute Gasteiger partial charge is 0.395 e. The summed E-state index contributed by atoms with van der Waals surface area (Å²) in [5.41, 5.74) is 2.92. The van der Waals surface area contributed by atoms with Crippen molar-refractivity contribution in [2.75, 3.05) is 19.7 Å². The highest BCUT2D eigenvalue weighted by atomic mass is 32.1. The highest BCUT2D eigenvalue weighted by Gasteiger charge is 2.26.